The van der Waals surface area contributed by atoms with Crippen molar-refractivity contribution in [2.75, 3.05) is 5.73 Å². The normalized spacial score (nSPS) is 10.9. The molecule has 5 nitrogen and oxygen atoms in total. The molecular formula is C9H6N4OS. The van der Waals surface area contributed by atoms with Crippen molar-refractivity contribution < 1.29 is 4.52 Å². The molecule has 0 spiro atoms. The second kappa shape index (κ2) is 3.03. The highest BCUT2D eigenvalue weighted by Crippen LogP contribution is 2.25. The van der Waals surface area contributed by atoms with Crippen LogP contribution in [-0.4, -0.2) is 14.7 Å². The van der Waals surface area contributed by atoms with Crippen LogP contribution in [0.1, 0.15) is 0 Å². The van der Waals surface area contributed by atoms with Crippen LogP contribution in [0.4, 0.5) is 5.88 Å². The van der Waals surface area contributed by atoms with E-state index in [0.717, 1.165) is 21.5 Å². The number of nitrogens with zero attached hydrogens (tertiary/aromatic N) is 3. The van der Waals surface area contributed by atoms with Gasteiger partial charge in [-0.2, -0.15) is 0 Å². The van der Waals surface area contributed by atoms with Crippen molar-refractivity contribution in [3.05, 3.63) is 24.3 Å². The van der Waals surface area contributed by atoms with Crippen LogP contribution in [0.25, 0.3) is 21.5 Å². The first kappa shape index (κ1) is 8.37. The molecule has 0 saturated heterocycles. The summed E-state index contributed by atoms with van der Waals surface area (Å²) in [5.74, 6) is 0.313. The summed E-state index contributed by atoms with van der Waals surface area (Å²) >= 11 is 1.35. The van der Waals surface area contributed by atoms with E-state index in [2.05, 4.69) is 14.7 Å². The Hall–Kier alpha value is -1.95. The maximum Gasteiger partial charge on any atom is 0.222 e. The molecule has 3 aromatic rings. The maximum atomic E-state index is 5.46. The number of fused-ring (bicyclic) bond motifs is 1. The van der Waals surface area contributed by atoms with Crippen molar-refractivity contribution in [1.29, 1.82) is 0 Å². The van der Waals surface area contributed by atoms with Gasteiger partial charge in [0.25, 0.3) is 0 Å². The van der Waals surface area contributed by atoms with Gasteiger partial charge in [0.05, 0.1) is 4.70 Å². The molecule has 2 N–H and O–H groups in total. The van der Waals surface area contributed by atoms with Crippen LogP contribution in [0.5, 0.6) is 0 Å². The van der Waals surface area contributed by atoms with Crippen molar-refractivity contribution in [3.63, 3.8) is 0 Å². The molecule has 0 aliphatic rings. The Balaban J connectivity index is 2.18. The number of hydrogen-bond donors (Lipinski definition) is 1. The summed E-state index contributed by atoms with van der Waals surface area (Å²) in [4.78, 5) is 0. The van der Waals surface area contributed by atoms with Gasteiger partial charge < -0.3 is 10.3 Å². The molecule has 0 fully saturated rings. The molecule has 0 radical (unpaired) electrons. The van der Waals surface area contributed by atoms with E-state index in [4.69, 9.17) is 10.3 Å². The number of aromatic nitrogens is 3. The van der Waals surface area contributed by atoms with Crippen LogP contribution >= 0.6 is 11.5 Å². The Bertz CT molecular complexity index is 615. The van der Waals surface area contributed by atoms with Gasteiger partial charge in [-0.1, -0.05) is 15.7 Å². The number of benzene rings is 1. The van der Waals surface area contributed by atoms with Gasteiger partial charge in [0.2, 0.25) is 5.88 Å². The van der Waals surface area contributed by atoms with Crippen molar-refractivity contribution in [3.8, 4) is 11.3 Å². The standard InChI is InChI=1S/C9H6N4OS/c10-9-4-7(12-14-9)5-1-2-6-8(3-5)15-13-11-6/h1-4H,10H2. The molecular weight excluding hydrogens is 212 g/mol. The molecule has 0 saturated carbocycles. The highest BCUT2D eigenvalue weighted by molar-refractivity contribution is 7.12. The molecule has 2 aromatic heterocycles. The first-order valence-electron chi connectivity index (χ1n) is 4.27. The minimum Gasteiger partial charge on any atom is -0.368 e. The third-order valence-electron chi connectivity index (χ3n) is 2.07. The largest absolute Gasteiger partial charge is 0.368 e. The second-order valence-corrected chi connectivity index (χ2v) is 3.86. The minimum absolute atomic E-state index is 0.313. The molecule has 2 heterocycles. The summed E-state index contributed by atoms with van der Waals surface area (Å²) in [6.45, 7) is 0. The van der Waals surface area contributed by atoms with Crippen LogP contribution in [-0.2, 0) is 0 Å². The van der Waals surface area contributed by atoms with Gasteiger partial charge in [-0.25, -0.2) is 0 Å². The number of rotatable bonds is 1. The fraction of sp³-hybridized carbons (Fsp3) is 0. The summed E-state index contributed by atoms with van der Waals surface area (Å²) in [6.07, 6.45) is 0. The van der Waals surface area contributed by atoms with Gasteiger partial charge >= 0.3 is 0 Å². The molecule has 74 valence electrons. The van der Waals surface area contributed by atoms with Crippen LogP contribution in [0.2, 0.25) is 0 Å². The zero-order chi connectivity index (χ0) is 10.3. The zero-order valence-electron chi connectivity index (χ0n) is 7.54. The van der Waals surface area contributed by atoms with Crippen LogP contribution in [0, 0.1) is 0 Å². The fourth-order valence-electron chi connectivity index (χ4n) is 1.36. The monoisotopic (exact) mass is 218 g/mol. The maximum absolute atomic E-state index is 5.46. The fourth-order valence-corrected chi connectivity index (χ4v) is 1.96. The highest BCUT2D eigenvalue weighted by atomic mass is 32.1. The predicted molar refractivity (Wildman–Crippen MR) is 57.3 cm³/mol. The van der Waals surface area contributed by atoms with Crippen molar-refractivity contribution in [1.82, 2.24) is 14.7 Å². The van der Waals surface area contributed by atoms with E-state index < -0.39 is 0 Å². The van der Waals surface area contributed by atoms with Crippen molar-refractivity contribution in [2.45, 2.75) is 0 Å². The highest BCUT2D eigenvalue weighted by Gasteiger charge is 2.06. The second-order valence-electron chi connectivity index (χ2n) is 3.07. The number of anilines is 1. The lowest BCUT2D eigenvalue weighted by molar-refractivity contribution is 0.439. The quantitative estimate of drug-likeness (QED) is 0.675. The van der Waals surface area contributed by atoms with Gasteiger partial charge in [-0.3, -0.25) is 0 Å². The molecule has 15 heavy (non-hydrogen) atoms. The Morgan fingerprint density at radius 1 is 1.27 bits per heavy atom. The molecule has 0 bridgehead atoms. The summed E-state index contributed by atoms with van der Waals surface area (Å²) in [5.41, 5.74) is 8.02. The number of hydrogen-bond acceptors (Lipinski definition) is 6. The Morgan fingerprint density at radius 2 is 2.20 bits per heavy atom. The first-order chi connectivity index (χ1) is 7.33. The Morgan fingerprint density at radius 3 is 3.00 bits per heavy atom. The lowest BCUT2D eigenvalue weighted by atomic mass is 10.1. The van der Waals surface area contributed by atoms with E-state index in [1.165, 1.54) is 11.5 Å². The molecule has 3 rings (SSSR count). The predicted octanol–water partition coefficient (Wildman–Crippen LogP) is 1.93. The summed E-state index contributed by atoms with van der Waals surface area (Å²) < 4.78 is 9.70. The average Bonchev–Trinajstić information content (AvgIpc) is 2.84. The summed E-state index contributed by atoms with van der Waals surface area (Å²) in [5, 5.41) is 7.80. The van der Waals surface area contributed by atoms with Gasteiger partial charge in [0, 0.05) is 11.6 Å². The lowest BCUT2D eigenvalue weighted by Crippen LogP contribution is -1.77. The third-order valence-corrected chi connectivity index (χ3v) is 2.76. The van der Waals surface area contributed by atoms with E-state index in [1.54, 1.807) is 6.07 Å². The van der Waals surface area contributed by atoms with E-state index in [0.29, 0.717) is 5.88 Å². The topological polar surface area (TPSA) is 77.8 Å². The summed E-state index contributed by atoms with van der Waals surface area (Å²) in [7, 11) is 0. The number of nitrogens with two attached hydrogens (primary N) is 1. The van der Waals surface area contributed by atoms with Gasteiger partial charge in [0.1, 0.15) is 11.2 Å². The van der Waals surface area contributed by atoms with E-state index in [1.807, 2.05) is 18.2 Å². The molecule has 0 aliphatic carbocycles. The van der Waals surface area contributed by atoms with E-state index >= 15 is 0 Å². The molecule has 0 amide bonds. The van der Waals surface area contributed by atoms with Crippen LogP contribution in [0.3, 0.4) is 0 Å². The Labute approximate surface area is 88.7 Å². The SMILES string of the molecule is Nc1cc(-c2ccc3nnsc3c2)no1. The Kier molecular flexibility index (Phi) is 1.69. The van der Waals surface area contributed by atoms with Gasteiger partial charge in [-0.15, -0.1) is 5.10 Å². The van der Waals surface area contributed by atoms with Crippen molar-refractivity contribution in [2.24, 2.45) is 0 Å². The third kappa shape index (κ3) is 1.35. The minimum atomic E-state index is 0.313. The van der Waals surface area contributed by atoms with Gasteiger partial charge in [-0.05, 0) is 23.7 Å². The smallest absolute Gasteiger partial charge is 0.222 e. The van der Waals surface area contributed by atoms with Crippen LogP contribution in [0.15, 0.2) is 28.8 Å². The average molecular weight is 218 g/mol. The molecule has 0 atom stereocenters. The molecule has 0 aliphatic heterocycles. The zero-order valence-corrected chi connectivity index (χ0v) is 8.36. The van der Waals surface area contributed by atoms with Crippen LogP contribution < -0.4 is 5.73 Å². The first-order valence-corrected chi connectivity index (χ1v) is 5.05. The molecule has 6 heteroatoms. The molecule has 1 aromatic carbocycles. The van der Waals surface area contributed by atoms with Crippen molar-refractivity contribution >= 4 is 27.6 Å². The van der Waals surface area contributed by atoms with E-state index in [-0.39, 0.29) is 0 Å². The molecule has 0 unspecified atom stereocenters. The number of nitrogen functional groups attached to an aromatic ring is 1. The lowest BCUT2D eigenvalue weighted by Gasteiger charge is -1.93. The van der Waals surface area contributed by atoms with E-state index in [9.17, 15) is 0 Å². The van der Waals surface area contributed by atoms with Gasteiger partial charge in [0.15, 0.2) is 0 Å². The summed E-state index contributed by atoms with van der Waals surface area (Å²) in [6, 6.07) is 7.48.